The van der Waals surface area contributed by atoms with E-state index in [1.54, 1.807) is 6.07 Å². The van der Waals surface area contributed by atoms with Gasteiger partial charge in [0.05, 0.1) is 6.54 Å². The van der Waals surface area contributed by atoms with Gasteiger partial charge in [-0.05, 0) is 31.7 Å². The molecule has 1 aliphatic rings. The second kappa shape index (κ2) is 6.81. The van der Waals surface area contributed by atoms with Crippen LogP contribution in [0, 0.1) is 5.82 Å². The van der Waals surface area contributed by atoms with Gasteiger partial charge in [-0.3, -0.25) is 4.79 Å². The molecule has 1 heterocycles. The molecule has 4 nitrogen and oxygen atoms in total. The Hall–Kier alpha value is -1.46. The highest BCUT2D eigenvalue weighted by Gasteiger charge is 2.19. The molecule has 0 spiro atoms. The third kappa shape index (κ3) is 4.02. The first kappa shape index (κ1) is 14.9. The van der Waals surface area contributed by atoms with Crippen molar-refractivity contribution in [1.82, 2.24) is 15.1 Å². The number of likely N-dealkylation sites (N-methyl/N-ethyl adjacent to an activating group) is 1. The zero-order chi connectivity index (χ0) is 14.5. The van der Waals surface area contributed by atoms with Crippen molar-refractivity contribution in [2.75, 3.05) is 39.8 Å². The number of amides is 1. The highest BCUT2D eigenvalue weighted by molar-refractivity contribution is 5.78. The third-order valence-electron chi connectivity index (χ3n) is 3.76. The number of hydrogen-bond acceptors (Lipinski definition) is 3. The van der Waals surface area contributed by atoms with E-state index >= 15 is 0 Å². The van der Waals surface area contributed by atoms with Crippen LogP contribution in [0.5, 0.6) is 0 Å². The maximum atomic E-state index is 13.1. The summed E-state index contributed by atoms with van der Waals surface area (Å²) in [5.74, 6) is -0.136. The number of carbonyl (C=O) groups excluding carboxylic acids is 1. The molecule has 1 aromatic rings. The maximum Gasteiger partial charge on any atom is 0.236 e. The van der Waals surface area contributed by atoms with E-state index in [0.717, 1.165) is 31.7 Å². The quantitative estimate of drug-likeness (QED) is 0.901. The van der Waals surface area contributed by atoms with Crippen molar-refractivity contribution >= 4 is 5.91 Å². The molecule has 1 aromatic carbocycles. The van der Waals surface area contributed by atoms with Gasteiger partial charge < -0.3 is 15.1 Å². The molecule has 1 aliphatic heterocycles. The lowest BCUT2D eigenvalue weighted by Crippen LogP contribution is -2.49. The minimum absolute atomic E-state index is 0.0397. The molecule has 0 saturated carbocycles. The molecular formula is C15H22FN3O. The van der Waals surface area contributed by atoms with Crippen LogP contribution in [0.1, 0.15) is 18.5 Å². The number of halogens is 1. The summed E-state index contributed by atoms with van der Waals surface area (Å²) in [6.45, 7) is 5.64. The van der Waals surface area contributed by atoms with Crippen LogP contribution >= 0.6 is 0 Å². The summed E-state index contributed by atoms with van der Waals surface area (Å²) < 4.78 is 13.1. The van der Waals surface area contributed by atoms with Crippen molar-refractivity contribution in [2.45, 2.75) is 13.0 Å². The van der Waals surface area contributed by atoms with Crippen molar-refractivity contribution < 1.29 is 9.18 Å². The molecule has 1 atom stereocenters. The molecule has 5 heteroatoms. The van der Waals surface area contributed by atoms with Gasteiger partial charge in [-0.25, -0.2) is 4.39 Å². The van der Waals surface area contributed by atoms with Crippen LogP contribution in [0.15, 0.2) is 24.3 Å². The van der Waals surface area contributed by atoms with Crippen LogP contribution in [-0.4, -0.2) is 55.5 Å². The molecule has 110 valence electrons. The molecule has 1 N–H and O–H groups in total. The first-order valence-electron chi connectivity index (χ1n) is 7.01. The van der Waals surface area contributed by atoms with Crippen LogP contribution in [0.4, 0.5) is 4.39 Å². The van der Waals surface area contributed by atoms with Gasteiger partial charge in [0, 0.05) is 32.2 Å². The standard InChI is InChI=1S/C15H22FN3O/c1-12(13-4-3-5-14(16)10-13)17-11-15(20)19-8-6-18(2)7-9-19/h3-5,10,12,17H,6-9,11H2,1-2H3/t12-/m1/s1. The van der Waals surface area contributed by atoms with Gasteiger partial charge >= 0.3 is 0 Å². The summed E-state index contributed by atoms with van der Waals surface area (Å²) in [6.07, 6.45) is 0. The van der Waals surface area contributed by atoms with Crippen LogP contribution in [0.25, 0.3) is 0 Å². The predicted octanol–water partition coefficient (Wildman–Crippen LogP) is 1.25. The molecule has 1 fully saturated rings. The van der Waals surface area contributed by atoms with Gasteiger partial charge in [0.15, 0.2) is 0 Å². The van der Waals surface area contributed by atoms with E-state index in [0.29, 0.717) is 6.54 Å². The molecule has 0 aliphatic carbocycles. The van der Waals surface area contributed by atoms with E-state index in [1.165, 1.54) is 12.1 Å². The predicted molar refractivity (Wildman–Crippen MR) is 76.9 cm³/mol. The lowest BCUT2D eigenvalue weighted by atomic mass is 10.1. The SMILES string of the molecule is C[C@@H](NCC(=O)N1CCN(C)CC1)c1cccc(F)c1. The number of hydrogen-bond donors (Lipinski definition) is 1. The van der Waals surface area contributed by atoms with Crippen molar-refractivity contribution in [1.29, 1.82) is 0 Å². The zero-order valence-electron chi connectivity index (χ0n) is 12.1. The van der Waals surface area contributed by atoms with Crippen LogP contribution in [0.2, 0.25) is 0 Å². The summed E-state index contributed by atoms with van der Waals surface area (Å²) >= 11 is 0. The first-order chi connectivity index (χ1) is 9.56. The number of nitrogens with zero attached hydrogens (tertiary/aromatic N) is 2. The number of nitrogens with one attached hydrogen (secondary N) is 1. The molecule has 0 unspecified atom stereocenters. The van der Waals surface area contributed by atoms with Gasteiger partial charge in [-0.1, -0.05) is 12.1 Å². The highest BCUT2D eigenvalue weighted by atomic mass is 19.1. The Morgan fingerprint density at radius 3 is 2.70 bits per heavy atom. The Labute approximate surface area is 119 Å². The normalized spacial score (nSPS) is 18.1. The fourth-order valence-corrected chi connectivity index (χ4v) is 2.30. The van der Waals surface area contributed by atoms with Crippen molar-refractivity contribution in [3.05, 3.63) is 35.6 Å². The summed E-state index contributed by atoms with van der Waals surface area (Å²) in [4.78, 5) is 16.2. The number of piperazine rings is 1. The summed E-state index contributed by atoms with van der Waals surface area (Å²) in [6, 6.07) is 6.43. The van der Waals surface area contributed by atoms with Gasteiger partial charge in [0.1, 0.15) is 5.82 Å². The third-order valence-corrected chi connectivity index (χ3v) is 3.76. The van der Waals surface area contributed by atoms with Crippen LogP contribution in [0.3, 0.4) is 0 Å². The molecular weight excluding hydrogens is 257 g/mol. The Morgan fingerprint density at radius 1 is 1.35 bits per heavy atom. The summed E-state index contributed by atoms with van der Waals surface area (Å²) in [7, 11) is 2.06. The number of carbonyl (C=O) groups is 1. The van der Waals surface area contributed by atoms with Gasteiger partial charge in [-0.2, -0.15) is 0 Å². The molecule has 0 aromatic heterocycles. The summed E-state index contributed by atoms with van der Waals surface area (Å²) in [5, 5.41) is 3.16. The number of rotatable bonds is 4. The van der Waals surface area contributed by atoms with Crippen molar-refractivity contribution in [3.8, 4) is 0 Å². The monoisotopic (exact) mass is 279 g/mol. The van der Waals surface area contributed by atoms with Crippen LogP contribution < -0.4 is 5.32 Å². The van der Waals surface area contributed by atoms with E-state index in [1.807, 2.05) is 17.9 Å². The van der Waals surface area contributed by atoms with Gasteiger partial charge in [0.2, 0.25) is 5.91 Å². The summed E-state index contributed by atoms with van der Waals surface area (Å²) in [5.41, 5.74) is 0.858. The fourth-order valence-electron chi connectivity index (χ4n) is 2.30. The van der Waals surface area contributed by atoms with Gasteiger partial charge in [0.25, 0.3) is 0 Å². The minimum atomic E-state index is -0.249. The van der Waals surface area contributed by atoms with E-state index in [-0.39, 0.29) is 17.8 Å². The second-order valence-electron chi connectivity index (χ2n) is 5.34. The Kier molecular flexibility index (Phi) is 5.09. The smallest absolute Gasteiger partial charge is 0.236 e. The largest absolute Gasteiger partial charge is 0.339 e. The molecule has 2 rings (SSSR count). The maximum absolute atomic E-state index is 13.1. The molecule has 1 saturated heterocycles. The van der Waals surface area contributed by atoms with E-state index in [2.05, 4.69) is 17.3 Å². The molecule has 0 radical (unpaired) electrons. The van der Waals surface area contributed by atoms with E-state index < -0.39 is 0 Å². The zero-order valence-corrected chi connectivity index (χ0v) is 12.1. The van der Waals surface area contributed by atoms with Crippen molar-refractivity contribution in [3.63, 3.8) is 0 Å². The average Bonchev–Trinajstić information content (AvgIpc) is 2.45. The second-order valence-corrected chi connectivity index (χ2v) is 5.34. The average molecular weight is 279 g/mol. The Balaban J connectivity index is 1.81. The first-order valence-corrected chi connectivity index (χ1v) is 7.01. The lowest BCUT2D eigenvalue weighted by molar-refractivity contribution is -0.131. The lowest BCUT2D eigenvalue weighted by Gasteiger charge is -2.32. The Bertz CT molecular complexity index is 458. The topological polar surface area (TPSA) is 35.6 Å². The molecule has 0 bridgehead atoms. The minimum Gasteiger partial charge on any atom is -0.339 e. The van der Waals surface area contributed by atoms with E-state index in [9.17, 15) is 9.18 Å². The highest BCUT2D eigenvalue weighted by Crippen LogP contribution is 2.13. The fraction of sp³-hybridized carbons (Fsp3) is 0.533. The van der Waals surface area contributed by atoms with Crippen molar-refractivity contribution in [2.24, 2.45) is 0 Å². The molecule has 1 amide bonds. The molecule has 20 heavy (non-hydrogen) atoms. The van der Waals surface area contributed by atoms with Crippen LogP contribution in [-0.2, 0) is 4.79 Å². The van der Waals surface area contributed by atoms with Gasteiger partial charge in [-0.15, -0.1) is 0 Å². The number of benzene rings is 1. The van der Waals surface area contributed by atoms with E-state index in [4.69, 9.17) is 0 Å². The Morgan fingerprint density at radius 2 is 2.05 bits per heavy atom.